The molecular weight excluding hydrogens is 310 g/mol. The van der Waals surface area contributed by atoms with E-state index in [4.69, 9.17) is 4.74 Å². The van der Waals surface area contributed by atoms with Crippen LogP contribution in [0.1, 0.15) is 18.5 Å². The van der Waals surface area contributed by atoms with Crippen molar-refractivity contribution in [1.82, 2.24) is 4.57 Å². The van der Waals surface area contributed by atoms with Crippen molar-refractivity contribution in [3.63, 3.8) is 0 Å². The number of nitrogens with zero attached hydrogens (tertiary/aromatic N) is 1. The van der Waals surface area contributed by atoms with E-state index >= 15 is 0 Å². The Hall–Kier alpha value is -3.07. The van der Waals surface area contributed by atoms with Crippen LogP contribution in [0.3, 0.4) is 0 Å². The van der Waals surface area contributed by atoms with E-state index in [2.05, 4.69) is 16.7 Å². The number of esters is 1. The molecule has 0 saturated carbocycles. The lowest BCUT2D eigenvalue weighted by Gasteiger charge is -2.16. The Balaban J connectivity index is 1.78. The van der Waals surface area contributed by atoms with Crippen molar-refractivity contribution in [1.29, 1.82) is 0 Å². The van der Waals surface area contributed by atoms with E-state index in [-0.39, 0.29) is 5.97 Å². The van der Waals surface area contributed by atoms with E-state index < -0.39 is 6.04 Å². The zero-order chi connectivity index (χ0) is 17.4. The van der Waals surface area contributed by atoms with Gasteiger partial charge in [0.2, 0.25) is 0 Å². The van der Waals surface area contributed by atoms with Crippen LogP contribution in [0.2, 0.25) is 0 Å². The Bertz CT molecular complexity index is 1020. The van der Waals surface area contributed by atoms with Gasteiger partial charge < -0.3 is 9.30 Å². The molecule has 1 atom stereocenters. The molecule has 0 spiro atoms. The van der Waals surface area contributed by atoms with Gasteiger partial charge in [-0.3, -0.25) is 0 Å². The maximum atomic E-state index is 12.8. The van der Waals surface area contributed by atoms with Gasteiger partial charge in [-0.25, -0.2) is 4.79 Å². The van der Waals surface area contributed by atoms with Crippen molar-refractivity contribution >= 4 is 27.8 Å². The van der Waals surface area contributed by atoms with Crippen molar-refractivity contribution in [2.24, 2.45) is 0 Å². The van der Waals surface area contributed by atoms with Crippen LogP contribution < -0.4 is 4.74 Å². The number of ether oxygens (including phenoxy) is 1. The van der Waals surface area contributed by atoms with Crippen LogP contribution >= 0.6 is 0 Å². The molecule has 3 aromatic carbocycles. The second-order valence-corrected chi connectivity index (χ2v) is 6.32. The van der Waals surface area contributed by atoms with E-state index in [0.717, 1.165) is 27.4 Å². The summed E-state index contributed by atoms with van der Waals surface area (Å²) >= 11 is 0. The number of aryl methyl sites for hydroxylation is 1. The molecule has 124 valence electrons. The first-order valence-electron chi connectivity index (χ1n) is 8.41. The number of rotatable bonds is 3. The standard InChI is InChI=1S/C22H19NO2/c1-15-8-7-9-17(14-15)25-22(24)16(2)23-20-12-5-3-10-18(20)19-11-4-6-13-21(19)23/h3-14,16H,1-2H3. The Morgan fingerprint density at radius 1 is 0.880 bits per heavy atom. The molecule has 1 heterocycles. The molecule has 0 bridgehead atoms. The molecule has 1 aromatic heterocycles. The SMILES string of the molecule is Cc1cccc(OC(=O)C(C)n2c3ccccc3c3ccccc32)c1. The van der Waals surface area contributed by atoms with Crippen LogP contribution in [0, 0.1) is 6.92 Å². The highest BCUT2D eigenvalue weighted by molar-refractivity contribution is 6.08. The summed E-state index contributed by atoms with van der Waals surface area (Å²) in [6.07, 6.45) is 0. The summed E-state index contributed by atoms with van der Waals surface area (Å²) in [6, 6.07) is 23.4. The molecule has 0 amide bonds. The number of carbonyl (C=O) groups is 1. The molecule has 0 fully saturated rings. The average Bonchev–Trinajstić information content (AvgIpc) is 2.95. The molecule has 4 aromatic rings. The van der Waals surface area contributed by atoms with Gasteiger partial charge in [-0.1, -0.05) is 48.5 Å². The fraction of sp³-hybridized carbons (Fsp3) is 0.136. The highest BCUT2D eigenvalue weighted by Crippen LogP contribution is 2.32. The summed E-state index contributed by atoms with van der Waals surface area (Å²) < 4.78 is 7.68. The maximum Gasteiger partial charge on any atom is 0.334 e. The lowest BCUT2D eigenvalue weighted by atomic mass is 10.2. The van der Waals surface area contributed by atoms with E-state index in [0.29, 0.717) is 5.75 Å². The first-order valence-corrected chi connectivity index (χ1v) is 8.41. The van der Waals surface area contributed by atoms with Gasteiger partial charge in [0.15, 0.2) is 0 Å². The van der Waals surface area contributed by atoms with E-state index in [1.165, 1.54) is 0 Å². The molecule has 3 nitrogen and oxygen atoms in total. The topological polar surface area (TPSA) is 31.2 Å². The fourth-order valence-corrected chi connectivity index (χ4v) is 3.36. The maximum absolute atomic E-state index is 12.8. The van der Waals surface area contributed by atoms with Gasteiger partial charge >= 0.3 is 5.97 Å². The lowest BCUT2D eigenvalue weighted by Crippen LogP contribution is -2.21. The van der Waals surface area contributed by atoms with Crippen molar-refractivity contribution in [3.8, 4) is 5.75 Å². The molecule has 3 heteroatoms. The zero-order valence-electron chi connectivity index (χ0n) is 14.3. The number of para-hydroxylation sites is 2. The minimum atomic E-state index is -0.426. The van der Waals surface area contributed by atoms with Crippen LogP contribution in [0.5, 0.6) is 5.75 Å². The third-order valence-corrected chi connectivity index (χ3v) is 4.55. The van der Waals surface area contributed by atoms with Crippen LogP contribution in [0.15, 0.2) is 72.8 Å². The first kappa shape index (κ1) is 15.5. The monoisotopic (exact) mass is 329 g/mol. The second kappa shape index (κ2) is 6.10. The zero-order valence-corrected chi connectivity index (χ0v) is 14.3. The normalized spacial score (nSPS) is 12.4. The summed E-state index contributed by atoms with van der Waals surface area (Å²) in [5.41, 5.74) is 3.14. The number of fused-ring (bicyclic) bond motifs is 3. The number of hydrogen-bond donors (Lipinski definition) is 0. The Kier molecular flexibility index (Phi) is 3.77. The van der Waals surface area contributed by atoms with Crippen molar-refractivity contribution < 1.29 is 9.53 Å². The fourth-order valence-electron chi connectivity index (χ4n) is 3.36. The molecular formula is C22H19NO2. The van der Waals surface area contributed by atoms with Gasteiger partial charge in [-0.2, -0.15) is 0 Å². The number of aromatic nitrogens is 1. The molecule has 0 N–H and O–H groups in total. The van der Waals surface area contributed by atoms with Crippen molar-refractivity contribution in [2.75, 3.05) is 0 Å². The quantitative estimate of drug-likeness (QED) is 0.379. The third kappa shape index (κ3) is 2.68. The molecule has 0 saturated heterocycles. The number of carbonyl (C=O) groups excluding carboxylic acids is 1. The molecule has 0 aliphatic carbocycles. The predicted octanol–water partition coefficient (Wildman–Crippen LogP) is 5.27. The summed E-state index contributed by atoms with van der Waals surface area (Å²) in [7, 11) is 0. The second-order valence-electron chi connectivity index (χ2n) is 6.32. The van der Waals surface area contributed by atoms with E-state index in [1.54, 1.807) is 0 Å². The molecule has 25 heavy (non-hydrogen) atoms. The van der Waals surface area contributed by atoms with E-state index in [9.17, 15) is 4.79 Å². The molecule has 0 radical (unpaired) electrons. The molecule has 0 aliphatic heterocycles. The van der Waals surface area contributed by atoms with Crippen LogP contribution in [-0.2, 0) is 4.79 Å². The van der Waals surface area contributed by atoms with Crippen LogP contribution in [0.4, 0.5) is 0 Å². The lowest BCUT2D eigenvalue weighted by molar-refractivity contribution is -0.137. The summed E-state index contributed by atoms with van der Waals surface area (Å²) in [4.78, 5) is 12.8. The third-order valence-electron chi connectivity index (χ3n) is 4.55. The van der Waals surface area contributed by atoms with Gasteiger partial charge in [0.25, 0.3) is 0 Å². The van der Waals surface area contributed by atoms with Crippen molar-refractivity contribution in [3.05, 3.63) is 78.4 Å². The van der Waals surface area contributed by atoms with Gasteiger partial charge in [0, 0.05) is 21.8 Å². The summed E-state index contributed by atoms with van der Waals surface area (Å²) in [5.74, 6) is 0.315. The Morgan fingerprint density at radius 3 is 2.08 bits per heavy atom. The highest BCUT2D eigenvalue weighted by Gasteiger charge is 2.22. The average molecular weight is 329 g/mol. The van der Waals surface area contributed by atoms with Crippen LogP contribution in [-0.4, -0.2) is 10.5 Å². The highest BCUT2D eigenvalue weighted by atomic mass is 16.5. The largest absolute Gasteiger partial charge is 0.425 e. The molecule has 0 aliphatic rings. The number of hydrogen-bond acceptors (Lipinski definition) is 2. The smallest absolute Gasteiger partial charge is 0.334 e. The van der Waals surface area contributed by atoms with Gasteiger partial charge in [-0.05, 0) is 43.7 Å². The van der Waals surface area contributed by atoms with Gasteiger partial charge in [-0.15, -0.1) is 0 Å². The van der Waals surface area contributed by atoms with E-state index in [1.807, 2.05) is 74.5 Å². The minimum Gasteiger partial charge on any atom is -0.425 e. The summed E-state index contributed by atoms with van der Waals surface area (Å²) in [5, 5.41) is 2.29. The van der Waals surface area contributed by atoms with Gasteiger partial charge in [0.1, 0.15) is 11.8 Å². The van der Waals surface area contributed by atoms with Crippen LogP contribution in [0.25, 0.3) is 21.8 Å². The Morgan fingerprint density at radius 2 is 1.48 bits per heavy atom. The minimum absolute atomic E-state index is 0.267. The predicted molar refractivity (Wildman–Crippen MR) is 101 cm³/mol. The first-order chi connectivity index (χ1) is 12.1. The molecule has 4 rings (SSSR count). The molecule has 1 unspecified atom stereocenters. The van der Waals surface area contributed by atoms with Gasteiger partial charge in [0.05, 0.1) is 0 Å². The number of benzene rings is 3. The summed E-state index contributed by atoms with van der Waals surface area (Å²) in [6.45, 7) is 3.87. The van der Waals surface area contributed by atoms with Crippen molar-refractivity contribution in [2.45, 2.75) is 19.9 Å². The Labute approximate surface area is 146 Å².